The minimum absolute atomic E-state index is 0.415. The Labute approximate surface area is 161 Å². The topological polar surface area (TPSA) is 141 Å². The molecule has 15 heteroatoms. The van der Waals surface area contributed by atoms with Gasteiger partial charge in [0.2, 0.25) is 0 Å². The summed E-state index contributed by atoms with van der Waals surface area (Å²) in [4.78, 5) is 29.8. The number of alkyl halides is 3. The quantitative estimate of drug-likeness (QED) is 0.478. The molecule has 0 amide bonds. The fourth-order valence-electron chi connectivity index (χ4n) is 2.14. The number of nitro benzene ring substituents is 3. The van der Waals surface area contributed by atoms with Crippen LogP contribution < -0.4 is 5.32 Å². The lowest BCUT2D eigenvalue weighted by Crippen LogP contribution is -2.08. The summed E-state index contributed by atoms with van der Waals surface area (Å²) >= 11 is 11.3. The molecule has 1 N–H and O–H groups in total. The monoisotopic (exact) mass is 440 g/mol. The highest BCUT2D eigenvalue weighted by atomic mass is 35.5. The van der Waals surface area contributed by atoms with Crippen molar-refractivity contribution in [2.75, 3.05) is 5.32 Å². The van der Waals surface area contributed by atoms with Crippen LogP contribution in [0.5, 0.6) is 0 Å². The molecule has 0 aliphatic carbocycles. The van der Waals surface area contributed by atoms with Crippen LogP contribution in [0.1, 0.15) is 5.56 Å². The number of benzene rings is 2. The van der Waals surface area contributed by atoms with E-state index >= 15 is 0 Å². The van der Waals surface area contributed by atoms with E-state index in [9.17, 15) is 43.5 Å². The van der Waals surface area contributed by atoms with Crippen molar-refractivity contribution in [2.24, 2.45) is 0 Å². The number of non-ortho nitro benzene ring substituents is 1. The van der Waals surface area contributed by atoms with Gasteiger partial charge in [0.05, 0.1) is 43.2 Å². The molecule has 0 saturated heterocycles. The lowest BCUT2D eigenvalue weighted by atomic mass is 10.1. The van der Waals surface area contributed by atoms with E-state index in [0.717, 1.165) is 6.07 Å². The molecule has 0 aliphatic rings. The van der Waals surface area contributed by atoms with Crippen molar-refractivity contribution >= 4 is 51.6 Å². The molecule has 0 aromatic heterocycles. The standard InChI is InChI=1S/C13H5Cl2F3N4O6/c14-5-1-7(13(16,17)18)11(15)8(2-5)19-12-9(21(25)26)3-6(20(23)24)4-10(12)22(27)28/h1-4,19H. The van der Waals surface area contributed by atoms with E-state index in [1.165, 1.54) is 0 Å². The molecule has 10 nitrogen and oxygen atoms in total. The molecule has 0 aliphatic heterocycles. The van der Waals surface area contributed by atoms with Crippen molar-refractivity contribution in [3.8, 4) is 0 Å². The minimum atomic E-state index is -4.94. The van der Waals surface area contributed by atoms with Gasteiger partial charge in [0, 0.05) is 5.02 Å². The molecule has 0 unspecified atom stereocenters. The molecule has 2 aromatic carbocycles. The summed E-state index contributed by atoms with van der Waals surface area (Å²) in [6.45, 7) is 0. The lowest BCUT2D eigenvalue weighted by molar-refractivity contribution is -0.401. The first kappa shape index (κ1) is 21.1. The second-order valence-electron chi connectivity index (χ2n) is 5.07. The summed E-state index contributed by atoms with van der Waals surface area (Å²) in [5.74, 6) is 0. The van der Waals surface area contributed by atoms with Crippen LogP contribution in [-0.4, -0.2) is 14.8 Å². The maximum Gasteiger partial charge on any atom is 0.417 e. The highest BCUT2D eigenvalue weighted by Gasteiger charge is 2.36. The smallest absolute Gasteiger partial charge is 0.343 e. The number of nitrogens with zero attached hydrogens (tertiary/aromatic N) is 3. The Morgan fingerprint density at radius 2 is 1.36 bits per heavy atom. The molecule has 2 aromatic rings. The van der Waals surface area contributed by atoms with E-state index in [2.05, 4.69) is 5.32 Å². The first-order valence-electron chi connectivity index (χ1n) is 6.77. The number of anilines is 2. The molecule has 28 heavy (non-hydrogen) atoms. The van der Waals surface area contributed by atoms with Gasteiger partial charge < -0.3 is 5.32 Å². The van der Waals surface area contributed by atoms with E-state index < -0.39 is 65.0 Å². The number of hydrogen-bond donors (Lipinski definition) is 1. The summed E-state index contributed by atoms with van der Waals surface area (Å²) in [6.07, 6.45) is -4.94. The molecule has 0 spiro atoms. The summed E-state index contributed by atoms with van der Waals surface area (Å²) in [5.41, 5.74) is -6.12. The molecular formula is C13H5Cl2F3N4O6. The summed E-state index contributed by atoms with van der Waals surface area (Å²) in [6, 6.07) is 2.18. The highest BCUT2D eigenvalue weighted by molar-refractivity contribution is 6.36. The van der Waals surface area contributed by atoms with Crippen LogP contribution in [0.25, 0.3) is 0 Å². The Hall–Kier alpha value is -3.19. The third kappa shape index (κ3) is 4.20. The van der Waals surface area contributed by atoms with E-state index in [1.807, 2.05) is 0 Å². The Morgan fingerprint density at radius 3 is 1.75 bits per heavy atom. The van der Waals surface area contributed by atoms with Crippen LogP contribution in [0.4, 0.5) is 41.6 Å². The van der Waals surface area contributed by atoms with Gasteiger partial charge in [-0.1, -0.05) is 23.2 Å². The first-order chi connectivity index (χ1) is 12.8. The van der Waals surface area contributed by atoms with E-state index in [1.54, 1.807) is 0 Å². The minimum Gasteiger partial charge on any atom is -0.343 e. The van der Waals surface area contributed by atoms with Crippen molar-refractivity contribution < 1.29 is 27.9 Å². The zero-order chi connectivity index (χ0) is 21.4. The van der Waals surface area contributed by atoms with Gasteiger partial charge in [0.1, 0.15) is 0 Å². The molecule has 0 saturated carbocycles. The van der Waals surface area contributed by atoms with Gasteiger partial charge >= 0.3 is 17.6 Å². The third-order valence-electron chi connectivity index (χ3n) is 3.29. The molecule has 0 fully saturated rings. The number of halogens is 5. The molecule has 0 radical (unpaired) electrons. The lowest BCUT2D eigenvalue weighted by Gasteiger charge is -2.15. The van der Waals surface area contributed by atoms with Gasteiger partial charge in [-0.15, -0.1) is 0 Å². The highest BCUT2D eigenvalue weighted by Crippen LogP contribution is 2.45. The molecule has 0 atom stereocenters. The van der Waals surface area contributed by atoms with Crippen LogP contribution >= 0.6 is 23.2 Å². The maximum atomic E-state index is 13.0. The van der Waals surface area contributed by atoms with Crippen molar-refractivity contribution in [3.05, 3.63) is 70.2 Å². The summed E-state index contributed by atoms with van der Waals surface area (Å²) in [5, 5.41) is 33.9. The fourth-order valence-corrected chi connectivity index (χ4v) is 2.62. The third-order valence-corrected chi connectivity index (χ3v) is 3.91. The van der Waals surface area contributed by atoms with Gasteiger partial charge in [-0.2, -0.15) is 13.2 Å². The number of nitro groups is 3. The molecule has 148 valence electrons. The number of rotatable bonds is 5. The van der Waals surface area contributed by atoms with E-state index in [-0.39, 0.29) is 0 Å². The van der Waals surface area contributed by atoms with Gasteiger partial charge in [0.15, 0.2) is 5.69 Å². The Balaban J connectivity index is 2.76. The van der Waals surface area contributed by atoms with Crippen LogP contribution in [-0.2, 0) is 6.18 Å². The molecule has 2 rings (SSSR count). The van der Waals surface area contributed by atoms with E-state index in [4.69, 9.17) is 23.2 Å². The van der Waals surface area contributed by atoms with Crippen LogP contribution in [0.3, 0.4) is 0 Å². The van der Waals surface area contributed by atoms with Gasteiger partial charge in [-0.05, 0) is 12.1 Å². The number of nitrogens with one attached hydrogen (secondary N) is 1. The second kappa shape index (κ2) is 7.44. The van der Waals surface area contributed by atoms with Crippen LogP contribution in [0.15, 0.2) is 24.3 Å². The van der Waals surface area contributed by atoms with Gasteiger partial charge in [-0.25, -0.2) is 0 Å². The normalized spacial score (nSPS) is 11.2. The second-order valence-corrected chi connectivity index (χ2v) is 5.88. The predicted molar refractivity (Wildman–Crippen MR) is 91.2 cm³/mol. The fraction of sp³-hybridized carbons (Fsp3) is 0.0769. The van der Waals surface area contributed by atoms with Crippen LogP contribution in [0, 0.1) is 30.3 Å². The van der Waals surface area contributed by atoms with Crippen molar-refractivity contribution in [2.45, 2.75) is 6.18 Å². The van der Waals surface area contributed by atoms with E-state index in [0.29, 0.717) is 18.2 Å². The SMILES string of the molecule is O=[N+]([O-])c1cc([N+](=O)[O-])c(Nc2cc(Cl)cc(C(F)(F)F)c2Cl)c([N+](=O)[O-])c1. The molecule has 0 heterocycles. The van der Waals surface area contributed by atoms with Crippen LogP contribution in [0.2, 0.25) is 10.0 Å². The van der Waals surface area contributed by atoms with Gasteiger partial charge in [-0.3, -0.25) is 30.3 Å². The molecular weight excluding hydrogens is 436 g/mol. The summed E-state index contributed by atoms with van der Waals surface area (Å²) < 4.78 is 39.1. The van der Waals surface area contributed by atoms with Gasteiger partial charge in [0.25, 0.3) is 5.69 Å². The predicted octanol–water partition coefficient (Wildman–Crippen LogP) is 5.48. The average molecular weight is 441 g/mol. The first-order valence-corrected chi connectivity index (χ1v) is 7.53. The molecule has 0 bridgehead atoms. The maximum absolute atomic E-state index is 13.0. The Kier molecular flexibility index (Phi) is 5.61. The average Bonchev–Trinajstić information content (AvgIpc) is 2.56. The largest absolute Gasteiger partial charge is 0.417 e. The number of hydrogen-bond acceptors (Lipinski definition) is 7. The van der Waals surface area contributed by atoms with Crippen molar-refractivity contribution in [1.29, 1.82) is 0 Å². The van der Waals surface area contributed by atoms with Crippen molar-refractivity contribution in [1.82, 2.24) is 0 Å². The zero-order valence-corrected chi connectivity index (χ0v) is 14.5. The van der Waals surface area contributed by atoms with Crippen molar-refractivity contribution in [3.63, 3.8) is 0 Å². The Morgan fingerprint density at radius 1 is 0.857 bits per heavy atom. The Bertz CT molecular complexity index is 979. The summed E-state index contributed by atoms with van der Waals surface area (Å²) in [7, 11) is 0. The zero-order valence-electron chi connectivity index (χ0n) is 13.0.